The number of halogens is 1. The highest BCUT2D eigenvalue weighted by Gasteiger charge is 2.22. The number of hydrogen-bond donors (Lipinski definition) is 0. The van der Waals surface area contributed by atoms with Gasteiger partial charge in [0.15, 0.2) is 20.5 Å². The topological polar surface area (TPSA) is 124 Å². The van der Waals surface area contributed by atoms with Crippen molar-refractivity contribution < 1.29 is 16.8 Å². The second kappa shape index (κ2) is 4.40. The van der Waals surface area contributed by atoms with Crippen LogP contribution in [0.3, 0.4) is 0 Å². The van der Waals surface area contributed by atoms with Gasteiger partial charge in [-0.3, -0.25) is 4.98 Å². The summed E-state index contributed by atoms with van der Waals surface area (Å²) < 4.78 is 46.3. The molecule has 0 amide bonds. The molecule has 18 heavy (non-hydrogen) atoms. The van der Waals surface area contributed by atoms with Crippen molar-refractivity contribution in [1.82, 2.24) is 25.0 Å². The second-order valence-electron chi connectivity index (χ2n) is 3.26. The molecule has 2 heterocycles. The van der Waals surface area contributed by atoms with Gasteiger partial charge in [-0.1, -0.05) is 0 Å². The first-order valence-corrected chi connectivity index (χ1v) is 8.60. The van der Waals surface area contributed by atoms with Gasteiger partial charge in [0.2, 0.25) is 9.05 Å². The maximum atomic E-state index is 11.9. The van der Waals surface area contributed by atoms with E-state index in [-0.39, 0.29) is 10.7 Å². The maximum absolute atomic E-state index is 11.9. The minimum Gasteiger partial charge on any atom is -0.258 e. The monoisotopic (exact) mass is 311 g/mol. The van der Waals surface area contributed by atoms with Gasteiger partial charge in [0.05, 0.1) is 23.9 Å². The number of aromatic nitrogens is 5. The van der Waals surface area contributed by atoms with Crippen LogP contribution in [0, 0.1) is 0 Å². The molecular weight excluding hydrogens is 306 g/mol. The third-order valence-corrected chi connectivity index (χ3v) is 5.06. The number of rotatable bonds is 4. The summed E-state index contributed by atoms with van der Waals surface area (Å²) in [6, 6.07) is 0. The Labute approximate surface area is 106 Å². The van der Waals surface area contributed by atoms with Gasteiger partial charge in [-0.15, -0.1) is 5.10 Å². The van der Waals surface area contributed by atoms with Gasteiger partial charge in [-0.2, -0.15) is 4.52 Å². The molecule has 98 valence electrons. The fraction of sp³-hybridized carbons (Fsp3) is 0.333. The van der Waals surface area contributed by atoms with E-state index >= 15 is 0 Å². The summed E-state index contributed by atoms with van der Waals surface area (Å²) in [7, 11) is -2.82. The molecule has 0 saturated carbocycles. The molecular formula is C6H6ClN5O4S2. The van der Waals surface area contributed by atoms with Gasteiger partial charge in [0.1, 0.15) is 0 Å². The summed E-state index contributed by atoms with van der Waals surface area (Å²) in [5, 5.41) is 10.0. The van der Waals surface area contributed by atoms with Crippen LogP contribution in [-0.2, 0) is 18.9 Å². The SMILES string of the molecule is O=S(=O)(Cl)CCS(=O)(=O)c1cncc2nnnn12. The van der Waals surface area contributed by atoms with Crippen molar-refractivity contribution in [2.75, 3.05) is 11.5 Å². The Hall–Kier alpha value is -1.33. The van der Waals surface area contributed by atoms with E-state index in [4.69, 9.17) is 10.7 Å². The Kier molecular flexibility index (Phi) is 3.21. The van der Waals surface area contributed by atoms with Crippen LogP contribution in [0.4, 0.5) is 0 Å². The average Bonchev–Trinajstić information content (AvgIpc) is 2.73. The molecule has 0 aliphatic heterocycles. The Bertz CT molecular complexity index is 783. The van der Waals surface area contributed by atoms with E-state index in [1.54, 1.807) is 0 Å². The molecule has 0 aliphatic carbocycles. The van der Waals surface area contributed by atoms with E-state index in [1.807, 2.05) is 0 Å². The zero-order valence-corrected chi connectivity index (χ0v) is 11.0. The van der Waals surface area contributed by atoms with Gasteiger partial charge in [-0.05, 0) is 10.4 Å². The summed E-state index contributed by atoms with van der Waals surface area (Å²) in [5.41, 5.74) is 0.143. The molecule has 0 aromatic carbocycles. The molecule has 0 bridgehead atoms. The molecule has 0 N–H and O–H groups in total. The second-order valence-corrected chi connectivity index (χ2v) is 8.21. The average molecular weight is 312 g/mol. The van der Waals surface area contributed by atoms with Crippen LogP contribution < -0.4 is 0 Å². The third kappa shape index (κ3) is 2.73. The summed E-state index contributed by atoms with van der Waals surface area (Å²) in [5.74, 6) is -1.37. The van der Waals surface area contributed by atoms with Crippen LogP contribution in [0.25, 0.3) is 5.65 Å². The molecule has 0 aliphatic rings. The lowest BCUT2D eigenvalue weighted by Gasteiger charge is -2.03. The van der Waals surface area contributed by atoms with E-state index in [9.17, 15) is 16.8 Å². The Balaban J connectivity index is 2.44. The highest BCUT2D eigenvalue weighted by atomic mass is 35.7. The van der Waals surface area contributed by atoms with Crippen molar-refractivity contribution in [2.24, 2.45) is 0 Å². The van der Waals surface area contributed by atoms with Crippen molar-refractivity contribution in [2.45, 2.75) is 5.03 Å². The lowest BCUT2D eigenvalue weighted by molar-refractivity contribution is 0.583. The molecule has 0 saturated heterocycles. The van der Waals surface area contributed by atoms with Gasteiger partial charge >= 0.3 is 0 Å². The van der Waals surface area contributed by atoms with Gasteiger partial charge < -0.3 is 0 Å². The molecule has 0 unspecified atom stereocenters. The molecule has 2 aromatic heterocycles. The van der Waals surface area contributed by atoms with Gasteiger partial charge in [0, 0.05) is 10.7 Å². The quantitative estimate of drug-likeness (QED) is 0.649. The highest BCUT2D eigenvalue weighted by Crippen LogP contribution is 2.11. The van der Waals surface area contributed by atoms with E-state index in [0.717, 1.165) is 10.7 Å². The Morgan fingerprint density at radius 1 is 1.17 bits per heavy atom. The predicted molar refractivity (Wildman–Crippen MR) is 60.3 cm³/mol. The Morgan fingerprint density at radius 2 is 1.89 bits per heavy atom. The predicted octanol–water partition coefficient (Wildman–Crippen LogP) is -1.14. The van der Waals surface area contributed by atoms with E-state index in [0.29, 0.717) is 0 Å². The van der Waals surface area contributed by atoms with Crippen molar-refractivity contribution in [3.05, 3.63) is 12.4 Å². The van der Waals surface area contributed by atoms with Crippen LogP contribution >= 0.6 is 10.7 Å². The zero-order chi connectivity index (χ0) is 13.4. The van der Waals surface area contributed by atoms with Crippen LogP contribution in [0.15, 0.2) is 17.4 Å². The number of tetrazole rings is 1. The highest BCUT2D eigenvalue weighted by molar-refractivity contribution is 8.14. The minimum absolute atomic E-state index is 0.143. The number of nitrogens with zero attached hydrogens (tertiary/aromatic N) is 5. The van der Waals surface area contributed by atoms with E-state index in [2.05, 4.69) is 20.5 Å². The fourth-order valence-electron chi connectivity index (χ4n) is 1.18. The van der Waals surface area contributed by atoms with Gasteiger partial charge in [-0.25, -0.2) is 16.8 Å². The lowest BCUT2D eigenvalue weighted by Crippen LogP contribution is -2.17. The van der Waals surface area contributed by atoms with Crippen molar-refractivity contribution in [3.63, 3.8) is 0 Å². The van der Waals surface area contributed by atoms with Crippen LogP contribution in [-0.4, -0.2) is 53.4 Å². The maximum Gasteiger partial charge on any atom is 0.233 e. The van der Waals surface area contributed by atoms with Crippen molar-refractivity contribution in [3.8, 4) is 0 Å². The molecule has 0 atom stereocenters. The largest absolute Gasteiger partial charge is 0.258 e. The molecule has 0 fully saturated rings. The number of fused-ring (bicyclic) bond motifs is 1. The standard InChI is InChI=1S/C6H6ClN5O4S2/c7-18(15,16)2-1-17(13,14)6-4-8-3-5-9-10-11-12(5)6/h3-4H,1-2H2. The first-order chi connectivity index (χ1) is 8.30. The first-order valence-electron chi connectivity index (χ1n) is 4.47. The Morgan fingerprint density at radius 3 is 2.56 bits per heavy atom. The lowest BCUT2D eigenvalue weighted by atomic mass is 10.7. The smallest absolute Gasteiger partial charge is 0.233 e. The molecule has 12 heteroatoms. The minimum atomic E-state index is -3.90. The zero-order valence-electron chi connectivity index (χ0n) is 8.63. The van der Waals surface area contributed by atoms with Gasteiger partial charge in [0.25, 0.3) is 0 Å². The third-order valence-electron chi connectivity index (χ3n) is 1.99. The van der Waals surface area contributed by atoms with Crippen molar-refractivity contribution in [1.29, 1.82) is 0 Å². The van der Waals surface area contributed by atoms with Crippen LogP contribution in [0.1, 0.15) is 0 Å². The summed E-state index contributed by atoms with van der Waals surface area (Å²) in [6.45, 7) is 0. The molecule has 2 rings (SSSR count). The number of sulfone groups is 1. The summed E-state index contributed by atoms with van der Waals surface area (Å²) in [6.07, 6.45) is 2.32. The molecule has 9 nitrogen and oxygen atoms in total. The molecule has 0 spiro atoms. The van der Waals surface area contributed by atoms with Crippen LogP contribution in [0.5, 0.6) is 0 Å². The first kappa shape index (κ1) is 13.1. The molecule has 0 radical (unpaired) electrons. The molecule has 2 aromatic rings. The summed E-state index contributed by atoms with van der Waals surface area (Å²) in [4.78, 5) is 3.67. The van der Waals surface area contributed by atoms with E-state index < -0.39 is 30.4 Å². The van der Waals surface area contributed by atoms with E-state index in [1.165, 1.54) is 6.20 Å². The summed E-state index contributed by atoms with van der Waals surface area (Å²) >= 11 is 0. The van der Waals surface area contributed by atoms with Crippen molar-refractivity contribution >= 4 is 35.2 Å². The van der Waals surface area contributed by atoms with Crippen LogP contribution in [0.2, 0.25) is 0 Å². The number of hydrogen-bond acceptors (Lipinski definition) is 8. The fourth-order valence-corrected chi connectivity index (χ4v) is 4.24. The normalized spacial score (nSPS) is 12.9.